The SMILES string of the molecule is CCOc1ccccc1Nc1ncnc(NNC(=O)c2cccc(Cl)c2)c1N. The van der Waals surface area contributed by atoms with Crippen LogP contribution in [0.5, 0.6) is 5.75 Å². The molecule has 0 saturated carbocycles. The third-order valence-corrected chi connectivity index (χ3v) is 3.94. The van der Waals surface area contributed by atoms with Gasteiger partial charge in [0, 0.05) is 10.6 Å². The molecule has 144 valence electrons. The number of aromatic nitrogens is 2. The number of nitrogens with zero attached hydrogens (tertiary/aromatic N) is 2. The van der Waals surface area contributed by atoms with Crippen molar-refractivity contribution in [2.45, 2.75) is 6.92 Å². The average Bonchev–Trinajstić information content (AvgIpc) is 2.70. The Kier molecular flexibility index (Phi) is 6.13. The van der Waals surface area contributed by atoms with Gasteiger partial charge < -0.3 is 15.8 Å². The van der Waals surface area contributed by atoms with Crippen LogP contribution < -0.4 is 26.6 Å². The van der Waals surface area contributed by atoms with Gasteiger partial charge in [-0.2, -0.15) is 0 Å². The van der Waals surface area contributed by atoms with Crippen molar-refractivity contribution in [3.63, 3.8) is 0 Å². The summed E-state index contributed by atoms with van der Waals surface area (Å²) in [5, 5.41) is 3.59. The van der Waals surface area contributed by atoms with Gasteiger partial charge >= 0.3 is 0 Å². The van der Waals surface area contributed by atoms with Crippen molar-refractivity contribution in [2.75, 3.05) is 23.1 Å². The summed E-state index contributed by atoms with van der Waals surface area (Å²) < 4.78 is 5.59. The highest BCUT2D eigenvalue weighted by Gasteiger charge is 2.12. The van der Waals surface area contributed by atoms with Gasteiger partial charge in [0.1, 0.15) is 17.8 Å². The van der Waals surface area contributed by atoms with Gasteiger partial charge in [-0.05, 0) is 37.3 Å². The number of carbonyl (C=O) groups is 1. The van der Waals surface area contributed by atoms with Gasteiger partial charge in [-0.3, -0.25) is 15.6 Å². The average molecular weight is 399 g/mol. The standard InChI is InChI=1S/C19H19ClN6O2/c1-2-28-15-9-4-3-8-14(15)24-17-16(21)18(23-11-22-17)25-26-19(27)12-6-5-7-13(20)10-12/h3-11H,2,21H2,1H3,(H,26,27)(H2,22,23,24,25). The highest BCUT2D eigenvalue weighted by Crippen LogP contribution is 2.30. The molecule has 3 aromatic rings. The van der Waals surface area contributed by atoms with E-state index in [-0.39, 0.29) is 17.4 Å². The van der Waals surface area contributed by atoms with Crippen LogP contribution in [-0.4, -0.2) is 22.5 Å². The first-order chi connectivity index (χ1) is 13.6. The molecule has 5 N–H and O–H groups in total. The largest absolute Gasteiger partial charge is 0.492 e. The third kappa shape index (κ3) is 4.60. The number of rotatable bonds is 7. The van der Waals surface area contributed by atoms with Crippen molar-refractivity contribution in [2.24, 2.45) is 0 Å². The lowest BCUT2D eigenvalue weighted by molar-refractivity contribution is 0.0962. The molecule has 0 radical (unpaired) electrons. The highest BCUT2D eigenvalue weighted by molar-refractivity contribution is 6.30. The van der Waals surface area contributed by atoms with Crippen LogP contribution in [0.4, 0.5) is 23.0 Å². The third-order valence-electron chi connectivity index (χ3n) is 3.71. The van der Waals surface area contributed by atoms with Gasteiger partial charge in [0.05, 0.1) is 12.3 Å². The van der Waals surface area contributed by atoms with Crippen molar-refractivity contribution in [1.82, 2.24) is 15.4 Å². The second kappa shape index (κ2) is 8.92. The van der Waals surface area contributed by atoms with Gasteiger partial charge in [-0.1, -0.05) is 29.8 Å². The number of hydrogen-bond donors (Lipinski definition) is 4. The summed E-state index contributed by atoms with van der Waals surface area (Å²) in [7, 11) is 0. The minimum Gasteiger partial charge on any atom is -0.492 e. The number of nitrogens with two attached hydrogens (primary N) is 1. The maximum absolute atomic E-state index is 12.2. The van der Waals surface area contributed by atoms with E-state index in [1.807, 2.05) is 31.2 Å². The molecule has 0 aliphatic heterocycles. The van der Waals surface area contributed by atoms with Crippen molar-refractivity contribution in [3.05, 3.63) is 65.4 Å². The summed E-state index contributed by atoms with van der Waals surface area (Å²) in [5.74, 6) is 0.923. The predicted molar refractivity (Wildman–Crippen MR) is 110 cm³/mol. The molecule has 0 bridgehead atoms. The molecular formula is C19H19ClN6O2. The summed E-state index contributed by atoms with van der Waals surface area (Å²) in [4.78, 5) is 20.4. The van der Waals surface area contributed by atoms with E-state index >= 15 is 0 Å². The number of carbonyl (C=O) groups excluding carboxylic acids is 1. The van der Waals surface area contributed by atoms with E-state index in [1.165, 1.54) is 6.33 Å². The molecule has 9 heteroatoms. The van der Waals surface area contributed by atoms with Crippen LogP contribution in [0.1, 0.15) is 17.3 Å². The van der Waals surface area contributed by atoms with Crippen molar-refractivity contribution >= 4 is 40.5 Å². The zero-order chi connectivity index (χ0) is 19.9. The molecular weight excluding hydrogens is 380 g/mol. The van der Waals surface area contributed by atoms with E-state index in [0.717, 1.165) is 0 Å². The van der Waals surface area contributed by atoms with E-state index in [9.17, 15) is 4.79 Å². The number of hydrogen-bond acceptors (Lipinski definition) is 7. The fourth-order valence-corrected chi connectivity index (χ4v) is 2.58. The number of halogens is 1. The molecule has 0 aliphatic carbocycles. The lowest BCUT2D eigenvalue weighted by Crippen LogP contribution is -2.30. The van der Waals surface area contributed by atoms with Crippen LogP contribution in [0, 0.1) is 0 Å². The summed E-state index contributed by atoms with van der Waals surface area (Å²) in [6.07, 6.45) is 1.33. The van der Waals surface area contributed by atoms with E-state index in [4.69, 9.17) is 22.1 Å². The first-order valence-electron chi connectivity index (χ1n) is 8.49. The maximum atomic E-state index is 12.2. The lowest BCUT2D eigenvalue weighted by Gasteiger charge is -2.15. The smallest absolute Gasteiger partial charge is 0.269 e. The van der Waals surface area contributed by atoms with E-state index < -0.39 is 0 Å². The Hall–Kier alpha value is -3.52. The van der Waals surface area contributed by atoms with Gasteiger partial charge in [-0.25, -0.2) is 9.97 Å². The van der Waals surface area contributed by atoms with Gasteiger partial charge in [-0.15, -0.1) is 0 Å². The fourth-order valence-electron chi connectivity index (χ4n) is 2.39. The molecule has 0 fully saturated rings. The number of hydrazine groups is 1. The molecule has 8 nitrogen and oxygen atoms in total. The molecule has 3 rings (SSSR count). The van der Waals surface area contributed by atoms with Crippen LogP contribution in [-0.2, 0) is 0 Å². The number of ether oxygens (including phenoxy) is 1. The van der Waals surface area contributed by atoms with Gasteiger partial charge in [0.25, 0.3) is 5.91 Å². The number of amides is 1. The summed E-state index contributed by atoms with van der Waals surface area (Å²) >= 11 is 5.90. The van der Waals surface area contributed by atoms with Crippen LogP contribution >= 0.6 is 11.6 Å². The van der Waals surface area contributed by atoms with Crippen LogP contribution in [0.2, 0.25) is 5.02 Å². The van der Waals surface area contributed by atoms with E-state index in [1.54, 1.807) is 24.3 Å². The molecule has 2 aromatic carbocycles. The molecule has 0 saturated heterocycles. The fraction of sp³-hybridized carbons (Fsp3) is 0.105. The highest BCUT2D eigenvalue weighted by atomic mass is 35.5. The monoisotopic (exact) mass is 398 g/mol. The Morgan fingerprint density at radius 1 is 1.14 bits per heavy atom. The van der Waals surface area contributed by atoms with Gasteiger partial charge in [0.15, 0.2) is 11.6 Å². The maximum Gasteiger partial charge on any atom is 0.269 e. The quantitative estimate of drug-likeness (QED) is 0.449. The van der Waals surface area contributed by atoms with Crippen molar-refractivity contribution in [1.29, 1.82) is 0 Å². The number of nitrogens with one attached hydrogen (secondary N) is 3. The molecule has 0 spiro atoms. The molecule has 0 aliphatic rings. The summed E-state index contributed by atoms with van der Waals surface area (Å²) in [6, 6.07) is 14.0. The number of nitrogen functional groups attached to an aromatic ring is 1. The van der Waals surface area contributed by atoms with Gasteiger partial charge in [0.2, 0.25) is 0 Å². The van der Waals surface area contributed by atoms with Crippen LogP contribution in [0.3, 0.4) is 0 Å². The van der Waals surface area contributed by atoms with E-state index in [0.29, 0.717) is 34.4 Å². The zero-order valence-corrected chi connectivity index (χ0v) is 15.8. The number of para-hydroxylation sites is 2. The molecule has 1 heterocycles. The molecule has 1 amide bonds. The Labute approximate surface area is 167 Å². The molecule has 0 unspecified atom stereocenters. The number of benzene rings is 2. The zero-order valence-electron chi connectivity index (χ0n) is 15.1. The normalized spacial score (nSPS) is 10.2. The Balaban J connectivity index is 1.74. The Morgan fingerprint density at radius 3 is 2.71 bits per heavy atom. The summed E-state index contributed by atoms with van der Waals surface area (Å²) in [6.45, 7) is 2.43. The summed E-state index contributed by atoms with van der Waals surface area (Å²) in [5.41, 5.74) is 12.7. The first-order valence-corrected chi connectivity index (χ1v) is 8.87. The minimum atomic E-state index is -0.378. The van der Waals surface area contributed by atoms with Crippen LogP contribution in [0.25, 0.3) is 0 Å². The second-order valence-electron chi connectivity index (χ2n) is 5.63. The van der Waals surface area contributed by atoms with Crippen molar-refractivity contribution in [3.8, 4) is 5.75 Å². The number of anilines is 4. The van der Waals surface area contributed by atoms with Crippen molar-refractivity contribution < 1.29 is 9.53 Å². The molecule has 28 heavy (non-hydrogen) atoms. The predicted octanol–water partition coefficient (Wildman–Crippen LogP) is 3.61. The Morgan fingerprint density at radius 2 is 1.93 bits per heavy atom. The minimum absolute atomic E-state index is 0.236. The van der Waals surface area contributed by atoms with Crippen LogP contribution in [0.15, 0.2) is 54.9 Å². The lowest BCUT2D eigenvalue weighted by atomic mass is 10.2. The first kappa shape index (κ1) is 19.2. The van der Waals surface area contributed by atoms with E-state index in [2.05, 4.69) is 26.1 Å². The molecule has 0 atom stereocenters. The Bertz CT molecular complexity index is 982. The topological polar surface area (TPSA) is 114 Å². The second-order valence-corrected chi connectivity index (χ2v) is 6.06. The molecule has 1 aromatic heterocycles.